The summed E-state index contributed by atoms with van der Waals surface area (Å²) in [5, 5.41) is 12.0. The van der Waals surface area contributed by atoms with Crippen molar-refractivity contribution in [2.45, 2.75) is 39.3 Å². The number of nitrogens with one attached hydrogen (secondary N) is 1. The number of alkyl carbamates (subject to hydrolysis) is 1. The van der Waals surface area contributed by atoms with Gasteiger partial charge in [-0.15, -0.1) is 0 Å². The summed E-state index contributed by atoms with van der Waals surface area (Å²) < 4.78 is 10.1. The fraction of sp³-hybridized carbons (Fsp3) is 0.846. The van der Waals surface area contributed by atoms with Crippen molar-refractivity contribution in [3.8, 4) is 0 Å². The standard InChI is InChI=1S/C13H24N2O5/c1-5-19-12(18)15-6-9(8-16)10(7-15)14-11(17)20-13(2,3)4/h9-10,16H,5-8H2,1-4H3,(H,14,17)/t9-,10-/m0/s1. The molecular formula is C13H24N2O5. The van der Waals surface area contributed by atoms with E-state index in [1.165, 1.54) is 4.90 Å². The Morgan fingerprint density at radius 3 is 2.50 bits per heavy atom. The molecule has 7 nitrogen and oxygen atoms in total. The molecule has 2 atom stereocenters. The van der Waals surface area contributed by atoms with E-state index in [9.17, 15) is 14.7 Å². The molecule has 1 aliphatic rings. The van der Waals surface area contributed by atoms with Crippen LogP contribution in [0.1, 0.15) is 27.7 Å². The number of amides is 2. The highest BCUT2D eigenvalue weighted by molar-refractivity contribution is 5.70. The lowest BCUT2D eigenvalue weighted by Gasteiger charge is -2.23. The molecule has 0 aromatic carbocycles. The zero-order valence-electron chi connectivity index (χ0n) is 12.5. The molecular weight excluding hydrogens is 264 g/mol. The van der Waals surface area contributed by atoms with Crippen molar-refractivity contribution in [2.75, 3.05) is 26.3 Å². The van der Waals surface area contributed by atoms with Gasteiger partial charge in [-0.25, -0.2) is 9.59 Å². The number of nitrogens with zero attached hydrogens (tertiary/aromatic N) is 1. The van der Waals surface area contributed by atoms with Gasteiger partial charge < -0.3 is 24.8 Å². The van der Waals surface area contributed by atoms with E-state index in [0.29, 0.717) is 19.7 Å². The van der Waals surface area contributed by atoms with Crippen molar-refractivity contribution >= 4 is 12.2 Å². The zero-order valence-corrected chi connectivity index (χ0v) is 12.5. The van der Waals surface area contributed by atoms with Crippen LogP contribution in [0.25, 0.3) is 0 Å². The number of carbonyl (C=O) groups excluding carboxylic acids is 2. The van der Waals surface area contributed by atoms with Crippen LogP contribution in [0.3, 0.4) is 0 Å². The number of hydrogen-bond acceptors (Lipinski definition) is 5. The van der Waals surface area contributed by atoms with Crippen molar-refractivity contribution in [3.63, 3.8) is 0 Å². The number of aliphatic hydroxyl groups is 1. The lowest BCUT2D eigenvalue weighted by molar-refractivity contribution is 0.0486. The maximum Gasteiger partial charge on any atom is 0.409 e. The second kappa shape index (κ2) is 6.78. The summed E-state index contributed by atoms with van der Waals surface area (Å²) in [6.07, 6.45) is -0.980. The van der Waals surface area contributed by atoms with Gasteiger partial charge in [0.25, 0.3) is 0 Å². The van der Waals surface area contributed by atoms with Crippen LogP contribution in [0.15, 0.2) is 0 Å². The fourth-order valence-electron chi connectivity index (χ4n) is 2.04. The van der Waals surface area contributed by atoms with Crippen molar-refractivity contribution in [2.24, 2.45) is 5.92 Å². The highest BCUT2D eigenvalue weighted by Gasteiger charge is 2.37. The molecule has 2 amide bonds. The third-order valence-corrected chi connectivity index (χ3v) is 2.90. The van der Waals surface area contributed by atoms with E-state index < -0.39 is 17.8 Å². The van der Waals surface area contributed by atoms with Crippen LogP contribution in [0.2, 0.25) is 0 Å². The maximum absolute atomic E-state index is 11.7. The van der Waals surface area contributed by atoms with Gasteiger partial charge in [0.05, 0.1) is 12.6 Å². The lowest BCUT2D eigenvalue weighted by atomic mass is 10.1. The molecule has 0 saturated carbocycles. The summed E-state index contributed by atoms with van der Waals surface area (Å²) in [4.78, 5) is 24.9. The summed E-state index contributed by atoms with van der Waals surface area (Å²) in [6.45, 7) is 7.90. The predicted molar refractivity (Wildman–Crippen MR) is 72.3 cm³/mol. The molecule has 0 aromatic heterocycles. The summed E-state index contributed by atoms with van der Waals surface area (Å²) in [5.41, 5.74) is -0.585. The summed E-state index contributed by atoms with van der Waals surface area (Å²) in [7, 11) is 0. The average molecular weight is 288 g/mol. The molecule has 1 saturated heterocycles. The number of rotatable bonds is 3. The van der Waals surface area contributed by atoms with Gasteiger partial charge in [0, 0.05) is 25.6 Å². The molecule has 0 spiro atoms. The van der Waals surface area contributed by atoms with Crippen LogP contribution in [0.4, 0.5) is 9.59 Å². The van der Waals surface area contributed by atoms with Crippen molar-refractivity contribution in [3.05, 3.63) is 0 Å². The molecule has 7 heteroatoms. The van der Waals surface area contributed by atoms with Gasteiger partial charge in [0.2, 0.25) is 0 Å². The van der Waals surface area contributed by atoms with Crippen molar-refractivity contribution in [1.82, 2.24) is 10.2 Å². The highest BCUT2D eigenvalue weighted by atomic mass is 16.6. The van der Waals surface area contributed by atoms with Crippen LogP contribution >= 0.6 is 0 Å². The minimum absolute atomic E-state index is 0.115. The summed E-state index contributed by atoms with van der Waals surface area (Å²) in [6, 6.07) is -0.334. The summed E-state index contributed by atoms with van der Waals surface area (Å²) >= 11 is 0. The first-order valence-corrected chi connectivity index (χ1v) is 6.79. The second-order valence-corrected chi connectivity index (χ2v) is 5.80. The topological polar surface area (TPSA) is 88.1 Å². The Morgan fingerprint density at radius 1 is 1.35 bits per heavy atom. The number of likely N-dealkylation sites (tertiary alicyclic amines) is 1. The molecule has 116 valence electrons. The van der Waals surface area contributed by atoms with E-state index in [1.807, 2.05) is 0 Å². The van der Waals surface area contributed by atoms with E-state index in [0.717, 1.165) is 0 Å². The van der Waals surface area contributed by atoms with Crippen LogP contribution < -0.4 is 5.32 Å². The SMILES string of the molecule is CCOC(=O)N1C[C@@H](CO)[C@@H](NC(=O)OC(C)(C)C)C1. The van der Waals surface area contributed by atoms with E-state index in [-0.39, 0.29) is 18.6 Å². The Hall–Kier alpha value is -1.50. The second-order valence-electron chi connectivity index (χ2n) is 5.80. The molecule has 1 aliphatic heterocycles. The molecule has 0 aliphatic carbocycles. The molecule has 0 aromatic rings. The minimum Gasteiger partial charge on any atom is -0.450 e. The number of ether oxygens (including phenoxy) is 2. The van der Waals surface area contributed by atoms with Crippen LogP contribution in [-0.2, 0) is 9.47 Å². The van der Waals surface area contributed by atoms with Crippen LogP contribution in [0, 0.1) is 5.92 Å². The molecule has 1 rings (SSSR count). The zero-order chi connectivity index (χ0) is 15.3. The van der Waals surface area contributed by atoms with Gasteiger partial charge in [-0.3, -0.25) is 0 Å². The van der Waals surface area contributed by atoms with Gasteiger partial charge >= 0.3 is 12.2 Å². The number of carbonyl (C=O) groups is 2. The Morgan fingerprint density at radius 2 is 2.00 bits per heavy atom. The molecule has 20 heavy (non-hydrogen) atoms. The third kappa shape index (κ3) is 4.88. The van der Waals surface area contributed by atoms with Gasteiger partial charge in [-0.05, 0) is 27.7 Å². The lowest BCUT2D eigenvalue weighted by Crippen LogP contribution is -2.44. The normalized spacial score (nSPS) is 22.6. The van der Waals surface area contributed by atoms with Gasteiger partial charge in [-0.2, -0.15) is 0 Å². The molecule has 1 fully saturated rings. The summed E-state index contributed by atoms with van der Waals surface area (Å²) in [5.74, 6) is -0.216. The van der Waals surface area contributed by atoms with Gasteiger partial charge in [0.15, 0.2) is 0 Å². The van der Waals surface area contributed by atoms with E-state index in [1.54, 1.807) is 27.7 Å². The number of hydrogen-bond donors (Lipinski definition) is 2. The molecule has 0 bridgehead atoms. The quantitative estimate of drug-likeness (QED) is 0.807. The molecule has 0 unspecified atom stereocenters. The van der Waals surface area contributed by atoms with E-state index in [4.69, 9.17) is 9.47 Å². The van der Waals surface area contributed by atoms with Gasteiger partial charge in [-0.1, -0.05) is 0 Å². The predicted octanol–water partition coefficient (Wildman–Crippen LogP) is 0.960. The maximum atomic E-state index is 11.7. The largest absolute Gasteiger partial charge is 0.450 e. The van der Waals surface area contributed by atoms with Gasteiger partial charge in [0.1, 0.15) is 5.60 Å². The molecule has 2 N–H and O–H groups in total. The van der Waals surface area contributed by atoms with E-state index in [2.05, 4.69) is 5.32 Å². The average Bonchev–Trinajstić information content (AvgIpc) is 2.69. The van der Waals surface area contributed by atoms with Crippen molar-refractivity contribution < 1.29 is 24.2 Å². The molecule has 0 radical (unpaired) electrons. The fourth-order valence-corrected chi connectivity index (χ4v) is 2.04. The Bertz CT molecular complexity index is 353. The highest BCUT2D eigenvalue weighted by Crippen LogP contribution is 2.18. The smallest absolute Gasteiger partial charge is 0.409 e. The Kier molecular flexibility index (Phi) is 5.62. The van der Waals surface area contributed by atoms with Crippen molar-refractivity contribution in [1.29, 1.82) is 0 Å². The molecule has 1 heterocycles. The van der Waals surface area contributed by atoms with Crippen LogP contribution in [0.5, 0.6) is 0 Å². The van der Waals surface area contributed by atoms with Crippen LogP contribution in [-0.4, -0.2) is 60.1 Å². The Balaban J connectivity index is 2.56. The monoisotopic (exact) mass is 288 g/mol. The number of aliphatic hydroxyl groups excluding tert-OH is 1. The first-order chi connectivity index (χ1) is 9.26. The minimum atomic E-state index is -0.585. The third-order valence-electron chi connectivity index (χ3n) is 2.90. The first-order valence-electron chi connectivity index (χ1n) is 6.79. The first kappa shape index (κ1) is 16.6. The Labute approximate surface area is 119 Å². The van der Waals surface area contributed by atoms with E-state index >= 15 is 0 Å².